The van der Waals surface area contributed by atoms with Gasteiger partial charge in [-0.2, -0.15) is 0 Å². The second-order valence-electron chi connectivity index (χ2n) is 11.5. The summed E-state index contributed by atoms with van der Waals surface area (Å²) in [5, 5.41) is 6.58. The fourth-order valence-corrected chi connectivity index (χ4v) is 7.28. The minimum Gasteiger partial charge on any atom is -0.379 e. The van der Waals surface area contributed by atoms with E-state index in [1.807, 2.05) is 18.0 Å². The summed E-state index contributed by atoms with van der Waals surface area (Å²) in [6, 6.07) is 8.96. The van der Waals surface area contributed by atoms with Gasteiger partial charge in [-0.15, -0.1) is 0 Å². The van der Waals surface area contributed by atoms with Crippen LogP contribution in [0.5, 0.6) is 0 Å². The fourth-order valence-electron chi connectivity index (χ4n) is 6.93. The molecule has 2 aromatic carbocycles. The predicted octanol–water partition coefficient (Wildman–Crippen LogP) is 4.67. The largest absolute Gasteiger partial charge is 0.379 e. The Labute approximate surface area is 245 Å². The first-order valence-electron chi connectivity index (χ1n) is 14.0. The number of halogens is 3. The molecule has 1 spiro atoms. The second kappa shape index (κ2) is 11.9. The maximum absolute atomic E-state index is 15.9. The van der Waals surface area contributed by atoms with E-state index in [1.165, 1.54) is 6.07 Å². The van der Waals surface area contributed by atoms with Crippen LogP contribution in [0.1, 0.15) is 43.7 Å². The maximum atomic E-state index is 15.9. The fraction of sp³-hybridized carbons (Fsp3) is 0.533. The molecule has 216 valence electrons. The predicted molar refractivity (Wildman–Crippen MR) is 156 cm³/mol. The van der Waals surface area contributed by atoms with Crippen LogP contribution in [0.15, 0.2) is 36.4 Å². The molecule has 7 nitrogen and oxygen atoms in total. The number of carbonyl (C=O) groups excluding carboxylic acids is 2. The zero-order valence-electron chi connectivity index (χ0n) is 23.2. The quantitative estimate of drug-likeness (QED) is 0.437. The standard InChI is InChI=1S/C30H37Cl2FN4O3/c1-18(2)16-24-30(21-9-8-19(31)17-23(21)35-29(30)39)25(20-6-4-7-22(32)26(20)33)27(36(24)3)28(38)34-10-5-11-37-12-14-40-15-13-37/h4,6-9,17-18,24-25,27H,5,10-16H2,1-3H3,(H,34,38)(H,35,39)/t24-,25+,27+,30+/m1/s1. The van der Waals surface area contributed by atoms with E-state index in [9.17, 15) is 9.59 Å². The third-order valence-electron chi connectivity index (χ3n) is 8.65. The van der Waals surface area contributed by atoms with Gasteiger partial charge >= 0.3 is 0 Å². The van der Waals surface area contributed by atoms with E-state index in [0.717, 1.165) is 44.8 Å². The summed E-state index contributed by atoms with van der Waals surface area (Å²) in [6.07, 6.45) is 1.41. The molecule has 0 aliphatic carbocycles. The Morgan fingerprint density at radius 1 is 1.23 bits per heavy atom. The van der Waals surface area contributed by atoms with Crippen molar-refractivity contribution in [1.82, 2.24) is 15.1 Å². The van der Waals surface area contributed by atoms with Crippen LogP contribution < -0.4 is 10.6 Å². The van der Waals surface area contributed by atoms with Gasteiger partial charge in [0.25, 0.3) is 0 Å². The number of hydrogen-bond acceptors (Lipinski definition) is 5. The number of rotatable bonds is 8. The lowest BCUT2D eigenvalue weighted by atomic mass is 9.63. The number of hydrogen-bond donors (Lipinski definition) is 2. The van der Waals surface area contributed by atoms with Gasteiger partial charge in [-0.05, 0) is 61.7 Å². The number of likely N-dealkylation sites (tertiary alicyclic amines) is 1. The summed E-state index contributed by atoms with van der Waals surface area (Å²) in [4.78, 5) is 32.5. The van der Waals surface area contributed by atoms with Crippen molar-refractivity contribution < 1.29 is 18.7 Å². The maximum Gasteiger partial charge on any atom is 0.238 e. The second-order valence-corrected chi connectivity index (χ2v) is 12.3. The van der Waals surface area contributed by atoms with Crippen LogP contribution in [0.4, 0.5) is 10.1 Å². The molecule has 2 N–H and O–H groups in total. The first kappa shape index (κ1) is 29.3. The number of likely N-dealkylation sites (N-methyl/N-ethyl adjacent to an activating group) is 1. The molecule has 2 amide bonds. The molecule has 5 rings (SSSR count). The van der Waals surface area contributed by atoms with Crippen LogP contribution in [0.2, 0.25) is 10.0 Å². The molecule has 0 bridgehead atoms. The highest BCUT2D eigenvalue weighted by atomic mass is 35.5. The minimum atomic E-state index is -1.22. The Bertz CT molecular complexity index is 1270. The zero-order chi connectivity index (χ0) is 28.6. The first-order valence-corrected chi connectivity index (χ1v) is 14.8. The van der Waals surface area contributed by atoms with Gasteiger partial charge in [-0.25, -0.2) is 4.39 Å². The zero-order valence-corrected chi connectivity index (χ0v) is 24.7. The number of amides is 2. The van der Waals surface area contributed by atoms with E-state index >= 15 is 4.39 Å². The molecule has 3 heterocycles. The first-order chi connectivity index (χ1) is 19.2. The van der Waals surface area contributed by atoms with Crippen LogP contribution in [-0.2, 0) is 19.7 Å². The summed E-state index contributed by atoms with van der Waals surface area (Å²) >= 11 is 12.6. The molecule has 2 fully saturated rings. The van der Waals surface area contributed by atoms with E-state index in [2.05, 4.69) is 29.4 Å². The van der Waals surface area contributed by atoms with Crippen LogP contribution >= 0.6 is 23.2 Å². The lowest BCUT2D eigenvalue weighted by Gasteiger charge is -2.36. The lowest BCUT2D eigenvalue weighted by molar-refractivity contribution is -0.126. The molecule has 0 unspecified atom stereocenters. The van der Waals surface area contributed by atoms with Crippen molar-refractivity contribution in [3.8, 4) is 0 Å². The van der Waals surface area contributed by atoms with E-state index in [0.29, 0.717) is 23.7 Å². The number of nitrogens with one attached hydrogen (secondary N) is 2. The smallest absolute Gasteiger partial charge is 0.238 e. The average molecular weight is 592 g/mol. The van der Waals surface area contributed by atoms with Gasteiger partial charge in [0.05, 0.1) is 24.3 Å². The summed E-state index contributed by atoms with van der Waals surface area (Å²) in [6.45, 7) is 8.72. The number of nitrogens with zero attached hydrogens (tertiary/aromatic N) is 2. The Hall–Kier alpha value is -2.23. The van der Waals surface area contributed by atoms with Gasteiger partial charge in [0, 0.05) is 42.3 Å². The van der Waals surface area contributed by atoms with Crippen LogP contribution in [0, 0.1) is 11.7 Å². The molecule has 4 atom stereocenters. The molecule has 2 aromatic rings. The normalized spacial score (nSPS) is 26.9. The van der Waals surface area contributed by atoms with Crippen LogP contribution in [0.3, 0.4) is 0 Å². The average Bonchev–Trinajstić information content (AvgIpc) is 3.34. The molecule has 10 heteroatoms. The van der Waals surface area contributed by atoms with E-state index in [4.69, 9.17) is 27.9 Å². The van der Waals surface area contributed by atoms with E-state index in [-0.39, 0.29) is 34.4 Å². The molecule has 2 saturated heterocycles. The minimum absolute atomic E-state index is 0.0398. The Kier molecular flexibility index (Phi) is 8.74. The van der Waals surface area contributed by atoms with Gasteiger partial charge < -0.3 is 15.4 Å². The monoisotopic (exact) mass is 590 g/mol. The van der Waals surface area contributed by atoms with Gasteiger partial charge in [0.1, 0.15) is 11.2 Å². The van der Waals surface area contributed by atoms with Crippen molar-refractivity contribution in [2.75, 3.05) is 51.8 Å². The third kappa shape index (κ3) is 5.13. The highest BCUT2D eigenvalue weighted by molar-refractivity contribution is 6.31. The number of ether oxygens (including phenoxy) is 1. The molecule has 40 heavy (non-hydrogen) atoms. The van der Waals surface area contributed by atoms with Crippen molar-refractivity contribution in [3.05, 3.63) is 63.4 Å². The Morgan fingerprint density at radius 3 is 2.70 bits per heavy atom. The summed E-state index contributed by atoms with van der Waals surface area (Å²) in [7, 11) is 1.87. The molecule has 3 aliphatic heterocycles. The number of benzene rings is 2. The van der Waals surface area contributed by atoms with E-state index in [1.54, 1.807) is 24.3 Å². The molecule has 0 radical (unpaired) electrons. The molecule has 3 aliphatic rings. The molecule has 0 saturated carbocycles. The van der Waals surface area contributed by atoms with Crippen LogP contribution in [0.25, 0.3) is 0 Å². The number of fused-ring (bicyclic) bond motifs is 2. The van der Waals surface area contributed by atoms with Crippen LogP contribution in [-0.4, -0.2) is 80.1 Å². The van der Waals surface area contributed by atoms with Gasteiger partial charge in [-0.1, -0.05) is 55.2 Å². The van der Waals surface area contributed by atoms with Gasteiger partial charge in [0.2, 0.25) is 11.8 Å². The van der Waals surface area contributed by atoms with Crippen molar-refractivity contribution in [1.29, 1.82) is 0 Å². The molecular weight excluding hydrogens is 554 g/mol. The van der Waals surface area contributed by atoms with Gasteiger partial charge in [-0.3, -0.25) is 19.4 Å². The van der Waals surface area contributed by atoms with Gasteiger partial charge in [0.15, 0.2) is 0 Å². The molecule has 0 aromatic heterocycles. The van der Waals surface area contributed by atoms with Crippen molar-refractivity contribution >= 4 is 40.7 Å². The summed E-state index contributed by atoms with van der Waals surface area (Å²) in [5.41, 5.74) is 0.363. The van der Waals surface area contributed by atoms with E-state index < -0.39 is 23.2 Å². The highest BCUT2D eigenvalue weighted by Crippen LogP contribution is 2.59. The Morgan fingerprint density at radius 2 is 1.98 bits per heavy atom. The van der Waals surface area contributed by atoms with Crippen molar-refractivity contribution in [2.24, 2.45) is 5.92 Å². The molecular formula is C30H37Cl2FN4O3. The summed E-state index contributed by atoms with van der Waals surface area (Å²) in [5.74, 6) is -1.69. The SMILES string of the molecule is CC(C)C[C@H]1N(C)[C@H](C(=O)NCCCN2CCOCC2)[C@H](c2cccc(Cl)c2F)[C@@]12C(=O)Nc1cc(Cl)ccc12. The number of morpholine rings is 1. The highest BCUT2D eigenvalue weighted by Gasteiger charge is 2.68. The van der Waals surface area contributed by atoms with Crippen molar-refractivity contribution in [2.45, 2.75) is 50.1 Å². The topological polar surface area (TPSA) is 73.9 Å². The number of carbonyl (C=O) groups is 2. The third-order valence-corrected chi connectivity index (χ3v) is 9.17. The summed E-state index contributed by atoms with van der Waals surface area (Å²) < 4.78 is 21.3. The number of anilines is 1. The van der Waals surface area contributed by atoms with Crippen molar-refractivity contribution in [3.63, 3.8) is 0 Å². The Balaban J connectivity index is 1.56. The lowest BCUT2D eigenvalue weighted by Crippen LogP contribution is -2.49.